The molecule has 1 aromatic heterocycles. The standard InChI is InChI=1S/C25H23NO2/c1-3-18-14-15-22-21(16-18)17(2)24(28-22)25(27)26-23(19-10-6-4-7-11-19)20-12-8-5-9-13-20/h4-16,23H,3H2,1-2H3,(H,26,27). The van der Waals surface area contributed by atoms with Crippen molar-refractivity contribution >= 4 is 16.9 Å². The van der Waals surface area contributed by atoms with Crippen LogP contribution in [0.5, 0.6) is 0 Å². The van der Waals surface area contributed by atoms with Crippen LogP contribution in [-0.2, 0) is 6.42 Å². The Morgan fingerprint density at radius 3 is 2.11 bits per heavy atom. The second-order valence-electron chi connectivity index (χ2n) is 6.97. The van der Waals surface area contributed by atoms with Crippen molar-refractivity contribution in [1.29, 1.82) is 0 Å². The Hall–Kier alpha value is -3.33. The summed E-state index contributed by atoms with van der Waals surface area (Å²) in [6.45, 7) is 4.06. The van der Waals surface area contributed by atoms with Crippen LogP contribution in [0.15, 0.2) is 83.3 Å². The molecule has 3 heteroatoms. The van der Waals surface area contributed by atoms with Gasteiger partial charge in [0.25, 0.3) is 5.91 Å². The van der Waals surface area contributed by atoms with Crippen LogP contribution in [0.2, 0.25) is 0 Å². The molecule has 0 aliphatic rings. The second-order valence-corrected chi connectivity index (χ2v) is 6.97. The first-order chi connectivity index (χ1) is 13.7. The Bertz CT molecular complexity index is 1060. The first-order valence-corrected chi connectivity index (χ1v) is 9.60. The molecule has 3 nitrogen and oxygen atoms in total. The minimum Gasteiger partial charge on any atom is -0.451 e. The molecule has 1 amide bonds. The maximum atomic E-state index is 13.1. The van der Waals surface area contributed by atoms with Gasteiger partial charge < -0.3 is 9.73 Å². The number of carbonyl (C=O) groups is 1. The van der Waals surface area contributed by atoms with Crippen molar-refractivity contribution in [3.8, 4) is 0 Å². The average molecular weight is 369 g/mol. The van der Waals surface area contributed by atoms with Crippen LogP contribution >= 0.6 is 0 Å². The SMILES string of the molecule is CCc1ccc2oc(C(=O)NC(c3ccccc3)c3ccccc3)c(C)c2c1. The quantitative estimate of drug-likeness (QED) is 0.481. The zero-order valence-electron chi connectivity index (χ0n) is 16.1. The van der Waals surface area contributed by atoms with Crippen LogP contribution in [-0.4, -0.2) is 5.91 Å². The molecule has 0 saturated carbocycles. The van der Waals surface area contributed by atoms with Gasteiger partial charge in [-0.1, -0.05) is 73.7 Å². The number of furan rings is 1. The van der Waals surface area contributed by atoms with Gasteiger partial charge in [0.2, 0.25) is 0 Å². The lowest BCUT2D eigenvalue weighted by Gasteiger charge is -2.19. The van der Waals surface area contributed by atoms with Crippen LogP contribution in [0.4, 0.5) is 0 Å². The Morgan fingerprint density at radius 2 is 1.54 bits per heavy atom. The summed E-state index contributed by atoms with van der Waals surface area (Å²) >= 11 is 0. The van der Waals surface area contributed by atoms with Gasteiger partial charge in [-0.3, -0.25) is 4.79 Å². The number of rotatable bonds is 5. The zero-order valence-corrected chi connectivity index (χ0v) is 16.1. The minimum absolute atomic E-state index is 0.204. The number of carbonyl (C=O) groups excluding carboxylic acids is 1. The van der Waals surface area contributed by atoms with Gasteiger partial charge in [-0.2, -0.15) is 0 Å². The molecule has 0 spiro atoms. The van der Waals surface area contributed by atoms with Crippen molar-refractivity contribution in [2.24, 2.45) is 0 Å². The molecule has 140 valence electrons. The monoisotopic (exact) mass is 369 g/mol. The number of benzene rings is 3. The van der Waals surface area contributed by atoms with Gasteiger partial charge in [0.05, 0.1) is 6.04 Å². The van der Waals surface area contributed by atoms with Crippen molar-refractivity contribution in [2.75, 3.05) is 0 Å². The van der Waals surface area contributed by atoms with Crippen LogP contribution in [0.3, 0.4) is 0 Å². The summed E-state index contributed by atoms with van der Waals surface area (Å²) < 4.78 is 5.92. The molecule has 0 unspecified atom stereocenters. The molecule has 1 heterocycles. The molecule has 0 saturated heterocycles. The molecule has 4 aromatic rings. The number of hydrogen-bond acceptors (Lipinski definition) is 2. The minimum atomic E-state index is -0.242. The summed E-state index contributed by atoms with van der Waals surface area (Å²) in [5, 5.41) is 4.16. The van der Waals surface area contributed by atoms with E-state index in [1.165, 1.54) is 5.56 Å². The number of aryl methyl sites for hydroxylation is 2. The highest BCUT2D eigenvalue weighted by Crippen LogP contribution is 2.28. The maximum Gasteiger partial charge on any atom is 0.288 e. The fourth-order valence-corrected chi connectivity index (χ4v) is 3.55. The highest BCUT2D eigenvalue weighted by atomic mass is 16.3. The van der Waals surface area contributed by atoms with E-state index in [0.29, 0.717) is 5.76 Å². The fourth-order valence-electron chi connectivity index (χ4n) is 3.55. The van der Waals surface area contributed by atoms with Crippen molar-refractivity contribution in [1.82, 2.24) is 5.32 Å². The first kappa shape index (κ1) is 18.1. The number of hydrogen-bond donors (Lipinski definition) is 1. The molecule has 0 bridgehead atoms. The lowest BCUT2D eigenvalue weighted by atomic mass is 9.98. The number of fused-ring (bicyclic) bond motifs is 1. The Kier molecular flexibility index (Phi) is 4.98. The summed E-state index contributed by atoms with van der Waals surface area (Å²) in [6.07, 6.45) is 0.951. The van der Waals surface area contributed by atoms with Gasteiger partial charge in [0.1, 0.15) is 5.58 Å². The highest BCUT2D eigenvalue weighted by molar-refractivity contribution is 5.99. The molecule has 1 N–H and O–H groups in total. The highest BCUT2D eigenvalue weighted by Gasteiger charge is 2.22. The summed E-state index contributed by atoms with van der Waals surface area (Å²) in [4.78, 5) is 13.1. The predicted octanol–water partition coefficient (Wildman–Crippen LogP) is 5.82. The van der Waals surface area contributed by atoms with E-state index in [1.54, 1.807) is 0 Å². The Morgan fingerprint density at radius 1 is 0.929 bits per heavy atom. The lowest BCUT2D eigenvalue weighted by Crippen LogP contribution is -2.29. The molecule has 0 atom stereocenters. The van der Waals surface area contributed by atoms with Gasteiger partial charge in [-0.25, -0.2) is 0 Å². The van der Waals surface area contributed by atoms with E-state index in [-0.39, 0.29) is 11.9 Å². The van der Waals surface area contributed by atoms with Gasteiger partial charge in [0, 0.05) is 10.9 Å². The molecule has 4 rings (SSSR count). The molecule has 0 aliphatic heterocycles. The molecule has 28 heavy (non-hydrogen) atoms. The zero-order chi connectivity index (χ0) is 19.5. The van der Waals surface area contributed by atoms with E-state index in [2.05, 4.69) is 18.3 Å². The van der Waals surface area contributed by atoms with Gasteiger partial charge in [-0.05, 0) is 42.2 Å². The normalized spacial score (nSPS) is 11.1. The first-order valence-electron chi connectivity index (χ1n) is 9.60. The predicted molar refractivity (Wildman–Crippen MR) is 113 cm³/mol. The lowest BCUT2D eigenvalue weighted by molar-refractivity contribution is 0.0916. The smallest absolute Gasteiger partial charge is 0.288 e. The van der Waals surface area contributed by atoms with Crippen LogP contribution < -0.4 is 5.32 Å². The summed E-state index contributed by atoms with van der Waals surface area (Å²) in [6, 6.07) is 25.8. The van der Waals surface area contributed by atoms with Crippen molar-refractivity contribution < 1.29 is 9.21 Å². The summed E-state index contributed by atoms with van der Waals surface area (Å²) in [7, 11) is 0. The van der Waals surface area contributed by atoms with Crippen molar-refractivity contribution in [3.63, 3.8) is 0 Å². The Balaban J connectivity index is 1.70. The number of nitrogens with one attached hydrogen (secondary N) is 1. The maximum absolute atomic E-state index is 13.1. The second kappa shape index (κ2) is 7.73. The van der Waals surface area contributed by atoms with Crippen LogP contribution in [0.1, 0.15) is 45.8 Å². The topological polar surface area (TPSA) is 42.2 Å². The molecule has 0 fully saturated rings. The fraction of sp³-hybridized carbons (Fsp3) is 0.160. The average Bonchev–Trinajstić information content (AvgIpc) is 3.09. The third-order valence-electron chi connectivity index (χ3n) is 5.16. The molecule has 3 aromatic carbocycles. The summed E-state index contributed by atoms with van der Waals surface area (Å²) in [5.74, 6) is 0.171. The molecular weight excluding hydrogens is 346 g/mol. The summed E-state index contributed by atoms with van der Waals surface area (Å²) in [5.41, 5.74) is 4.92. The van der Waals surface area contributed by atoms with Gasteiger partial charge in [0.15, 0.2) is 5.76 Å². The van der Waals surface area contributed by atoms with Crippen molar-refractivity contribution in [2.45, 2.75) is 26.3 Å². The third-order valence-corrected chi connectivity index (χ3v) is 5.16. The third kappa shape index (κ3) is 3.44. The van der Waals surface area contributed by atoms with E-state index in [9.17, 15) is 4.79 Å². The van der Waals surface area contributed by atoms with E-state index >= 15 is 0 Å². The molecule has 0 radical (unpaired) electrons. The Labute approximate surface area is 165 Å². The van der Waals surface area contributed by atoms with Gasteiger partial charge in [-0.15, -0.1) is 0 Å². The molecule has 0 aliphatic carbocycles. The largest absolute Gasteiger partial charge is 0.451 e. The van der Waals surface area contributed by atoms with Crippen LogP contribution in [0.25, 0.3) is 11.0 Å². The number of amides is 1. The van der Waals surface area contributed by atoms with E-state index < -0.39 is 0 Å². The van der Waals surface area contributed by atoms with E-state index in [1.807, 2.05) is 79.7 Å². The van der Waals surface area contributed by atoms with Crippen LogP contribution in [0, 0.1) is 6.92 Å². The van der Waals surface area contributed by atoms with E-state index in [4.69, 9.17) is 4.42 Å². The van der Waals surface area contributed by atoms with Crippen molar-refractivity contribution in [3.05, 3.63) is 107 Å². The van der Waals surface area contributed by atoms with E-state index in [0.717, 1.165) is 34.1 Å². The van der Waals surface area contributed by atoms with Gasteiger partial charge >= 0.3 is 0 Å². The molecular formula is C25H23NO2.